The number of hydrogen-bond acceptors (Lipinski definition) is 5. The van der Waals surface area contributed by atoms with Crippen LogP contribution in [0.4, 0.5) is 5.13 Å². The number of furan rings is 1. The summed E-state index contributed by atoms with van der Waals surface area (Å²) in [7, 11) is 0. The predicted octanol–water partition coefficient (Wildman–Crippen LogP) is 3.97. The van der Waals surface area contributed by atoms with Crippen LogP contribution in [0.2, 0.25) is 0 Å². The van der Waals surface area contributed by atoms with Gasteiger partial charge in [0.15, 0.2) is 10.9 Å². The summed E-state index contributed by atoms with van der Waals surface area (Å²) in [6, 6.07) is 3.55. The van der Waals surface area contributed by atoms with Gasteiger partial charge in [-0.25, -0.2) is 9.97 Å². The van der Waals surface area contributed by atoms with Crippen LogP contribution in [0.15, 0.2) is 22.7 Å². The number of carbonyl (C=O) groups is 1. The van der Waals surface area contributed by atoms with Crippen molar-refractivity contribution in [3.05, 3.63) is 51.9 Å². The van der Waals surface area contributed by atoms with Crippen LogP contribution in [-0.4, -0.2) is 20.4 Å². The van der Waals surface area contributed by atoms with E-state index in [2.05, 4.69) is 26.8 Å². The predicted molar refractivity (Wildman–Crippen MR) is 101 cm³/mol. The van der Waals surface area contributed by atoms with E-state index in [1.54, 1.807) is 17.4 Å². The van der Waals surface area contributed by atoms with Crippen LogP contribution < -0.4 is 5.32 Å². The Morgan fingerprint density at radius 1 is 1.42 bits per heavy atom. The molecule has 3 aromatic heterocycles. The molecule has 0 spiro atoms. The minimum absolute atomic E-state index is 0.255. The van der Waals surface area contributed by atoms with Gasteiger partial charge in [0.2, 0.25) is 0 Å². The molecule has 1 aliphatic rings. The third kappa shape index (κ3) is 3.31. The molecule has 7 heteroatoms. The molecule has 0 saturated heterocycles. The Balaban J connectivity index is 1.45. The van der Waals surface area contributed by atoms with Crippen molar-refractivity contribution >= 4 is 22.4 Å². The summed E-state index contributed by atoms with van der Waals surface area (Å²) in [4.78, 5) is 22.6. The zero-order chi connectivity index (χ0) is 18.3. The van der Waals surface area contributed by atoms with Gasteiger partial charge in [0.25, 0.3) is 5.91 Å². The number of aryl methyl sites for hydroxylation is 3. The number of nitrogens with one attached hydrogen (secondary N) is 1. The molecule has 0 saturated carbocycles. The molecule has 0 radical (unpaired) electrons. The number of nitrogens with zero attached hydrogens (tertiary/aromatic N) is 3. The zero-order valence-electron chi connectivity index (χ0n) is 15.2. The summed E-state index contributed by atoms with van der Waals surface area (Å²) in [5.74, 6) is 2.39. The quantitative estimate of drug-likeness (QED) is 0.754. The summed E-state index contributed by atoms with van der Waals surface area (Å²) in [5.41, 5.74) is 2.20. The lowest BCUT2D eigenvalue weighted by molar-refractivity contribution is 0.0994. The van der Waals surface area contributed by atoms with Crippen molar-refractivity contribution in [1.29, 1.82) is 0 Å². The Labute approximate surface area is 156 Å². The fourth-order valence-corrected chi connectivity index (χ4v) is 4.48. The number of imidazole rings is 1. The number of anilines is 1. The normalized spacial score (nSPS) is 16.5. The lowest BCUT2D eigenvalue weighted by Crippen LogP contribution is -2.11. The second kappa shape index (κ2) is 6.72. The fraction of sp³-hybridized carbons (Fsp3) is 0.421. The lowest BCUT2D eigenvalue weighted by atomic mass is 9.93. The van der Waals surface area contributed by atoms with Gasteiger partial charge in [0.05, 0.1) is 12.2 Å². The average Bonchev–Trinajstić information content (AvgIpc) is 3.29. The minimum Gasteiger partial charge on any atom is -0.454 e. The van der Waals surface area contributed by atoms with E-state index in [1.165, 1.54) is 11.3 Å². The van der Waals surface area contributed by atoms with Crippen LogP contribution in [0.3, 0.4) is 0 Å². The zero-order valence-corrected chi connectivity index (χ0v) is 16.0. The van der Waals surface area contributed by atoms with Gasteiger partial charge in [-0.15, -0.1) is 11.3 Å². The van der Waals surface area contributed by atoms with Crippen molar-refractivity contribution < 1.29 is 9.21 Å². The van der Waals surface area contributed by atoms with E-state index in [4.69, 9.17) is 4.42 Å². The molecule has 26 heavy (non-hydrogen) atoms. The molecule has 3 heterocycles. The maximum absolute atomic E-state index is 12.5. The van der Waals surface area contributed by atoms with Crippen LogP contribution in [0.5, 0.6) is 0 Å². The van der Waals surface area contributed by atoms with Crippen molar-refractivity contribution in [2.75, 3.05) is 5.32 Å². The summed E-state index contributed by atoms with van der Waals surface area (Å²) >= 11 is 1.58. The first-order valence-electron chi connectivity index (χ1n) is 8.87. The highest BCUT2D eigenvalue weighted by Gasteiger charge is 2.21. The van der Waals surface area contributed by atoms with Gasteiger partial charge in [-0.1, -0.05) is 6.92 Å². The standard InChI is InChI=1S/C19H22N4O2S/c1-11-4-6-15-17(8-11)26-19(21-15)22-18(24)16-7-5-14(25-16)10-23-12(2)9-20-13(23)3/h5,7,9,11H,4,6,8,10H2,1-3H3,(H,21,22,24)/t11-/m0/s1. The maximum Gasteiger partial charge on any atom is 0.293 e. The van der Waals surface area contributed by atoms with Crippen LogP contribution in [0.1, 0.15) is 51.7 Å². The van der Waals surface area contributed by atoms with Gasteiger partial charge in [0, 0.05) is 16.8 Å². The van der Waals surface area contributed by atoms with Crippen molar-refractivity contribution in [2.24, 2.45) is 5.92 Å². The topological polar surface area (TPSA) is 73.0 Å². The van der Waals surface area contributed by atoms with Crippen LogP contribution >= 0.6 is 11.3 Å². The van der Waals surface area contributed by atoms with Crippen LogP contribution in [0, 0.1) is 19.8 Å². The molecule has 6 nitrogen and oxygen atoms in total. The smallest absolute Gasteiger partial charge is 0.293 e. The second-order valence-electron chi connectivity index (χ2n) is 6.99. The van der Waals surface area contributed by atoms with Gasteiger partial charge in [-0.3, -0.25) is 10.1 Å². The Bertz CT molecular complexity index is 933. The van der Waals surface area contributed by atoms with E-state index in [0.29, 0.717) is 23.4 Å². The van der Waals surface area contributed by atoms with Crippen molar-refractivity contribution in [1.82, 2.24) is 14.5 Å². The molecule has 136 valence electrons. The van der Waals surface area contributed by atoms with E-state index in [9.17, 15) is 4.79 Å². The molecular formula is C19H22N4O2S. The molecule has 0 unspecified atom stereocenters. The van der Waals surface area contributed by atoms with Gasteiger partial charge < -0.3 is 8.98 Å². The Hall–Kier alpha value is -2.41. The number of thiazole rings is 1. The first-order valence-corrected chi connectivity index (χ1v) is 9.68. The lowest BCUT2D eigenvalue weighted by Gasteiger charge is -2.15. The first-order chi connectivity index (χ1) is 12.5. The van der Waals surface area contributed by atoms with E-state index in [0.717, 1.165) is 35.8 Å². The van der Waals surface area contributed by atoms with Gasteiger partial charge in [0.1, 0.15) is 11.6 Å². The van der Waals surface area contributed by atoms with Crippen LogP contribution in [-0.2, 0) is 19.4 Å². The maximum atomic E-state index is 12.5. The molecule has 1 aliphatic carbocycles. The highest BCUT2D eigenvalue weighted by molar-refractivity contribution is 7.15. The third-order valence-corrected chi connectivity index (χ3v) is 5.90. The van der Waals surface area contributed by atoms with Crippen molar-refractivity contribution in [3.63, 3.8) is 0 Å². The number of rotatable bonds is 4. The largest absolute Gasteiger partial charge is 0.454 e. The average molecular weight is 370 g/mol. The van der Waals surface area contributed by atoms with Crippen LogP contribution in [0.25, 0.3) is 0 Å². The number of hydrogen-bond donors (Lipinski definition) is 1. The first kappa shape index (κ1) is 17.0. The molecule has 1 atom stereocenters. The third-order valence-electron chi connectivity index (χ3n) is 4.86. The van der Waals surface area contributed by atoms with Crippen molar-refractivity contribution in [2.45, 2.75) is 46.6 Å². The van der Waals surface area contributed by atoms with E-state index >= 15 is 0 Å². The molecule has 1 N–H and O–H groups in total. The minimum atomic E-state index is -0.255. The van der Waals surface area contributed by atoms with Gasteiger partial charge in [-0.05, 0) is 51.2 Å². The highest BCUT2D eigenvalue weighted by atomic mass is 32.1. The summed E-state index contributed by atoms with van der Waals surface area (Å²) in [6.45, 7) is 6.78. The molecule has 1 amide bonds. The monoisotopic (exact) mass is 370 g/mol. The molecule has 0 aliphatic heterocycles. The molecule has 0 aromatic carbocycles. The van der Waals surface area contributed by atoms with Gasteiger partial charge >= 0.3 is 0 Å². The summed E-state index contributed by atoms with van der Waals surface area (Å²) in [6.07, 6.45) is 5.05. The molecule has 0 bridgehead atoms. The second-order valence-corrected chi connectivity index (χ2v) is 8.07. The SMILES string of the molecule is Cc1cnc(C)n1Cc1ccc(C(=O)Nc2nc3c(s2)C[C@@H](C)CC3)o1. The molecule has 0 fully saturated rings. The van der Waals surface area contributed by atoms with E-state index in [-0.39, 0.29) is 5.91 Å². The summed E-state index contributed by atoms with van der Waals surface area (Å²) in [5, 5.41) is 3.54. The van der Waals surface area contributed by atoms with Gasteiger partial charge in [-0.2, -0.15) is 0 Å². The van der Waals surface area contributed by atoms with E-state index < -0.39 is 0 Å². The number of amides is 1. The van der Waals surface area contributed by atoms with Crippen molar-refractivity contribution in [3.8, 4) is 0 Å². The number of fused-ring (bicyclic) bond motifs is 1. The van der Waals surface area contributed by atoms with E-state index in [1.807, 2.05) is 26.1 Å². The Morgan fingerprint density at radius 2 is 2.27 bits per heavy atom. The Morgan fingerprint density at radius 3 is 3.04 bits per heavy atom. The molecular weight excluding hydrogens is 348 g/mol. The number of carbonyl (C=O) groups excluding carboxylic acids is 1. The molecule has 3 aromatic rings. The molecule has 4 rings (SSSR count). The Kier molecular flexibility index (Phi) is 4.40. The number of aromatic nitrogens is 3. The summed E-state index contributed by atoms with van der Waals surface area (Å²) < 4.78 is 7.79. The fourth-order valence-electron chi connectivity index (χ4n) is 3.31. The highest BCUT2D eigenvalue weighted by Crippen LogP contribution is 2.32.